The zero-order valence-corrected chi connectivity index (χ0v) is 13.8. The first-order valence-corrected chi connectivity index (χ1v) is 8.04. The maximum atomic E-state index is 12.8. The molecule has 1 fully saturated rings. The van der Waals surface area contributed by atoms with Crippen LogP contribution in [0.2, 0.25) is 5.02 Å². The Kier molecular flexibility index (Phi) is 4.00. The second-order valence-electron chi connectivity index (χ2n) is 6.41. The summed E-state index contributed by atoms with van der Waals surface area (Å²) in [6.45, 7) is 3.81. The fourth-order valence-electron chi connectivity index (χ4n) is 3.39. The van der Waals surface area contributed by atoms with Crippen LogP contribution in [0, 0.1) is 0 Å². The SMILES string of the molecule is Cn1cc(Cl)cc1C(=O)N1CCCC(C)(c2ccccc2)C1. The quantitative estimate of drug-likeness (QED) is 0.825. The molecular formula is C18H21ClN2O. The van der Waals surface area contributed by atoms with E-state index in [1.54, 1.807) is 16.8 Å². The zero-order valence-electron chi connectivity index (χ0n) is 13.1. The van der Waals surface area contributed by atoms with Crippen molar-refractivity contribution in [3.63, 3.8) is 0 Å². The summed E-state index contributed by atoms with van der Waals surface area (Å²) in [6.07, 6.45) is 3.90. The maximum absolute atomic E-state index is 12.8. The van der Waals surface area contributed by atoms with Crippen LogP contribution < -0.4 is 0 Å². The molecule has 116 valence electrons. The van der Waals surface area contributed by atoms with Gasteiger partial charge in [0.15, 0.2) is 0 Å². The van der Waals surface area contributed by atoms with Crippen LogP contribution in [0.3, 0.4) is 0 Å². The average molecular weight is 317 g/mol. The molecule has 1 aromatic carbocycles. The molecule has 0 spiro atoms. The van der Waals surface area contributed by atoms with E-state index < -0.39 is 0 Å². The molecule has 1 amide bonds. The topological polar surface area (TPSA) is 25.2 Å². The molecule has 0 radical (unpaired) electrons. The smallest absolute Gasteiger partial charge is 0.270 e. The first-order chi connectivity index (χ1) is 10.5. The summed E-state index contributed by atoms with van der Waals surface area (Å²) in [7, 11) is 1.86. The first kappa shape index (κ1) is 15.2. The number of piperidine rings is 1. The van der Waals surface area contributed by atoms with E-state index in [9.17, 15) is 4.79 Å². The molecule has 1 atom stereocenters. The molecule has 1 unspecified atom stereocenters. The highest BCUT2D eigenvalue weighted by Crippen LogP contribution is 2.34. The van der Waals surface area contributed by atoms with Gasteiger partial charge in [0.2, 0.25) is 0 Å². The number of carbonyl (C=O) groups excluding carboxylic acids is 1. The highest BCUT2D eigenvalue weighted by Gasteiger charge is 2.35. The molecule has 2 aromatic rings. The lowest BCUT2D eigenvalue weighted by Gasteiger charge is -2.41. The highest BCUT2D eigenvalue weighted by molar-refractivity contribution is 6.31. The molecule has 0 bridgehead atoms. The van der Waals surface area contributed by atoms with E-state index >= 15 is 0 Å². The van der Waals surface area contributed by atoms with Gasteiger partial charge in [-0.15, -0.1) is 0 Å². The molecule has 3 rings (SSSR count). The lowest BCUT2D eigenvalue weighted by Crippen LogP contribution is -2.47. The normalized spacial score (nSPS) is 21.9. The van der Waals surface area contributed by atoms with Gasteiger partial charge in [-0.25, -0.2) is 0 Å². The third-order valence-electron chi connectivity index (χ3n) is 4.65. The standard InChI is InChI=1S/C18H21ClN2O/c1-18(14-7-4-3-5-8-14)9-6-10-21(13-18)17(22)16-11-15(19)12-20(16)2/h3-5,7-8,11-12H,6,9-10,13H2,1-2H3. The van der Waals surface area contributed by atoms with Gasteiger partial charge in [0, 0.05) is 31.7 Å². The number of amides is 1. The van der Waals surface area contributed by atoms with Gasteiger partial charge in [-0.05, 0) is 24.5 Å². The Morgan fingerprint density at radius 3 is 2.64 bits per heavy atom. The Labute approximate surface area is 136 Å². The number of benzene rings is 1. The van der Waals surface area contributed by atoms with Crippen LogP contribution in [0.5, 0.6) is 0 Å². The first-order valence-electron chi connectivity index (χ1n) is 7.66. The van der Waals surface area contributed by atoms with Gasteiger partial charge in [0.05, 0.1) is 5.02 Å². The second-order valence-corrected chi connectivity index (χ2v) is 6.85. The van der Waals surface area contributed by atoms with Crippen molar-refractivity contribution in [2.75, 3.05) is 13.1 Å². The van der Waals surface area contributed by atoms with Crippen LogP contribution in [-0.4, -0.2) is 28.5 Å². The number of carbonyl (C=O) groups is 1. The summed E-state index contributed by atoms with van der Waals surface area (Å²) in [5.41, 5.74) is 1.98. The number of nitrogens with zero attached hydrogens (tertiary/aromatic N) is 2. The number of aromatic nitrogens is 1. The van der Waals surface area contributed by atoms with E-state index in [2.05, 4.69) is 31.2 Å². The molecule has 2 heterocycles. The van der Waals surface area contributed by atoms with Crippen molar-refractivity contribution in [3.8, 4) is 0 Å². The van der Waals surface area contributed by atoms with Crippen LogP contribution in [-0.2, 0) is 12.5 Å². The fourth-order valence-corrected chi connectivity index (χ4v) is 3.64. The Hall–Kier alpha value is -1.74. The fraction of sp³-hybridized carbons (Fsp3) is 0.389. The van der Waals surface area contributed by atoms with Gasteiger partial charge in [0.25, 0.3) is 5.91 Å². The van der Waals surface area contributed by atoms with Gasteiger partial charge in [0.1, 0.15) is 5.69 Å². The summed E-state index contributed by atoms with van der Waals surface area (Å²) in [5.74, 6) is 0.0660. The number of hydrogen-bond acceptors (Lipinski definition) is 1. The van der Waals surface area contributed by atoms with Crippen molar-refractivity contribution in [1.29, 1.82) is 0 Å². The number of hydrogen-bond donors (Lipinski definition) is 0. The van der Waals surface area contributed by atoms with Crippen LogP contribution in [0.25, 0.3) is 0 Å². The summed E-state index contributed by atoms with van der Waals surface area (Å²) >= 11 is 6.01. The zero-order chi connectivity index (χ0) is 15.7. The molecule has 1 aromatic heterocycles. The van der Waals surface area contributed by atoms with Crippen molar-refractivity contribution in [2.24, 2.45) is 7.05 Å². The van der Waals surface area contributed by atoms with Crippen LogP contribution in [0.15, 0.2) is 42.6 Å². The summed E-state index contributed by atoms with van der Waals surface area (Å²) in [5, 5.41) is 0.605. The molecule has 3 nitrogen and oxygen atoms in total. The Morgan fingerprint density at radius 2 is 2.00 bits per heavy atom. The molecule has 0 aliphatic carbocycles. The van der Waals surface area contributed by atoms with E-state index in [4.69, 9.17) is 11.6 Å². The van der Waals surface area contributed by atoms with Crippen LogP contribution in [0.4, 0.5) is 0 Å². The van der Waals surface area contributed by atoms with Crippen molar-refractivity contribution in [3.05, 3.63) is 58.9 Å². The van der Waals surface area contributed by atoms with E-state index in [0.29, 0.717) is 10.7 Å². The van der Waals surface area contributed by atoms with E-state index in [1.165, 1.54) is 5.56 Å². The summed E-state index contributed by atoms with van der Waals surface area (Å²) < 4.78 is 1.80. The molecule has 22 heavy (non-hydrogen) atoms. The summed E-state index contributed by atoms with van der Waals surface area (Å²) in [4.78, 5) is 14.8. The summed E-state index contributed by atoms with van der Waals surface area (Å²) in [6, 6.07) is 12.2. The minimum absolute atomic E-state index is 0.0180. The van der Waals surface area contributed by atoms with Gasteiger partial charge >= 0.3 is 0 Å². The minimum Gasteiger partial charge on any atom is -0.345 e. The van der Waals surface area contributed by atoms with Gasteiger partial charge in [-0.1, -0.05) is 48.9 Å². The molecule has 1 aliphatic rings. The Balaban J connectivity index is 1.84. The third-order valence-corrected chi connectivity index (χ3v) is 4.85. The third kappa shape index (κ3) is 2.78. The van der Waals surface area contributed by atoms with Gasteiger partial charge < -0.3 is 9.47 Å². The molecule has 0 N–H and O–H groups in total. The molecule has 4 heteroatoms. The molecule has 0 saturated carbocycles. The number of rotatable bonds is 2. The molecule has 1 aliphatic heterocycles. The highest BCUT2D eigenvalue weighted by atomic mass is 35.5. The number of likely N-dealkylation sites (tertiary alicyclic amines) is 1. The van der Waals surface area contributed by atoms with Gasteiger partial charge in [-0.3, -0.25) is 4.79 Å². The van der Waals surface area contributed by atoms with Crippen LogP contribution in [0.1, 0.15) is 35.8 Å². The maximum Gasteiger partial charge on any atom is 0.270 e. The van der Waals surface area contributed by atoms with Crippen molar-refractivity contribution in [2.45, 2.75) is 25.2 Å². The monoisotopic (exact) mass is 316 g/mol. The second kappa shape index (κ2) is 5.81. The van der Waals surface area contributed by atoms with Crippen LogP contribution >= 0.6 is 11.6 Å². The Morgan fingerprint density at radius 1 is 1.27 bits per heavy atom. The lowest BCUT2D eigenvalue weighted by atomic mass is 9.76. The molecular weight excluding hydrogens is 296 g/mol. The number of halogens is 1. The number of aryl methyl sites for hydroxylation is 1. The minimum atomic E-state index is 0.0180. The predicted molar refractivity (Wildman–Crippen MR) is 89.4 cm³/mol. The average Bonchev–Trinajstić information content (AvgIpc) is 2.86. The Bertz CT molecular complexity index is 680. The lowest BCUT2D eigenvalue weighted by molar-refractivity contribution is 0.0641. The van der Waals surface area contributed by atoms with Crippen molar-refractivity contribution >= 4 is 17.5 Å². The predicted octanol–water partition coefficient (Wildman–Crippen LogP) is 3.87. The van der Waals surface area contributed by atoms with Crippen molar-refractivity contribution in [1.82, 2.24) is 9.47 Å². The largest absolute Gasteiger partial charge is 0.345 e. The van der Waals surface area contributed by atoms with E-state index in [-0.39, 0.29) is 11.3 Å². The van der Waals surface area contributed by atoms with Crippen molar-refractivity contribution < 1.29 is 4.79 Å². The van der Waals surface area contributed by atoms with E-state index in [0.717, 1.165) is 25.9 Å². The molecule has 1 saturated heterocycles. The van der Waals surface area contributed by atoms with Gasteiger partial charge in [-0.2, -0.15) is 0 Å². The van der Waals surface area contributed by atoms with E-state index in [1.807, 2.05) is 18.0 Å².